The third kappa shape index (κ3) is 2.79. The van der Waals surface area contributed by atoms with Crippen LogP contribution in [0.5, 0.6) is 0 Å². The number of benzene rings is 1. The molecule has 0 heterocycles. The number of hydrogen-bond donors (Lipinski definition) is 0. The normalized spacial score (nSPS) is 13.0. The molecule has 0 aromatic heterocycles. The zero-order valence-corrected chi connectivity index (χ0v) is 11.4. The predicted octanol–water partition coefficient (Wildman–Crippen LogP) is 3.71. The summed E-state index contributed by atoms with van der Waals surface area (Å²) in [5.41, 5.74) is -0.205. The van der Waals surface area contributed by atoms with Gasteiger partial charge in [0.25, 0.3) is 0 Å². The standard InChI is InChI=1S/C14H18F2N2/c1-9(14(2,3)4)18(5)13-11(15)6-10(8-17)7-12(13)16/h6-7,9H,1-5H3. The maximum atomic E-state index is 13.9. The lowest BCUT2D eigenvalue weighted by molar-refractivity contribution is 0.326. The Bertz CT molecular complexity index is 461. The fraction of sp³-hybridized carbons (Fsp3) is 0.500. The lowest BCUT2D eigenvalue weighted by Crippen LogP contribution is -2.40. The average molecular weight is 252 g/mol. The molecule has 0 N–H and O–H groups in total. The monoisotopic (exact) mass is 252 g/mol. The summed E-state index contributed by atoms with van der Waals surface area (Å²) < 4.78 is 27.7. The smallest absolute Gasteiger partial charge is 0.150 e. The van der Waals surface area contributed by atoms with Gasteiger partial charge < -0.3 is 4.90 Å². The first kappa shape index (κ1) is 14.4. The molecular weight excluding hydrogens is 234 g/mol. The van der Waals surface area contributed by atoms with E-state index < -0.39 is 11.6 Å². The second-order valence-electron chi connectivity index (χ2n) is 5.55. The van der Waals surface area contributed by atoms with E-state index in [0.29, 0.717) is 0 Å². The van der Waals surface area contributed by atoms with Crippen molar-refractivity contribution in [2.24, 2.45) is 5.41 Å². The van der Waals surface area contributed by atoms with E-state index in [1.165, 1.54) is 0 Å². The Morgan fingerprint density at radius 2 is 1.67 bits per heavy atom. The Balaban J connectivity index is 3.23. The minimum atomic E-state index is -0.704. The highest BCUT2D eigenvalue weighted by molar-refractivity contribution is 5.53. The lowest BCUT2D eigenvalue weighted by atomic mass is 9.87. The van der Waals surface area contributed by atoms with Gasteiger partial charge in [0.2, 0.25) is 0 Å². The van der Waals surface area contributed by atoms with Crippen molar-refractivity contribution in [1.29, 1.82) is 5.26 Å². The number of anilines is 1. The molecule has 0 aliphatic heterocycles. The second kappa shape index (κ2) is 4.93. The second-order valence-corrected chi connectivity index (χ2v) is 5.55. The lowest BCUT2D eigenvalue weighted by Gasteiger charge is -2.37. The summed E-state index contributed by atoms with van der Waals surface area (Å²) in [4.78, 5) is 1.58. The van der Waals surface area contributed by atoms with Gasteiger partial charge in [-0.1, -0.05) is 20.8 Å². The highest BCUT2D eigenvalue weighted by Crippen LogP contribution is 2.31. The first-order chi connectivity index (χ1) is 8.18. The molecule has 0 fully saturated rings. The fourth-order valence-electron chi connectivity index (χ4n) is 1.74. The van der Waals surface area contributed by atoms with Crippen LogP contribution in [0, 0.1) is 28.4 Å². The van der Waals surface area contributed by atoms with E-state index in [4.69, 9.17) is 5.26 Å². The van der Waals surface area contributed by atoms with Gasteiger partial charge in [-0.15, -0.1) is 0 Å². The number of halogens is 2. The van der Waals surface area contributed by atoms with Crippen LogP contribution in [0.15, 0.2) is 12.1 Å². The predicted molar refractivity (Wildman–Crippen MR) is 68.4 cm³/mol. The quantitative estimate of drug-likeness (QED) is 0.802. The summed E-state index contributed by atoms with van der Waals surface area (Å²) in [5, 5.41) is 8.66. The Kier molecular flexibility index (Phi) is 3.95. The molecule has 0 amide bonds. The van der Waals surface area contributed by atoms with Gasteiger partial charge in [-0.2, -0.15) is 5.26 Å². The Hall–Kier alpha value is -1.63. The molecule has 2 nitrogen and oxygen atoms in total. The molecule has 1 aromatic rings. The van der Waals surface area contributed by atoms with Crippen molar-refractivity contribution in [3.8, 4) is 6.07 Å². The number of nitrogens with zero attached hydrogens (tertiary/aromatic N) is 2. The van der Waals surface area contributed by atoms with Gasteiger partial charge in [0.15, 0.2) is 11.6 Å². The van der Waals surface area contributed by atoms with Gasteiger partial charge in [0.05, 0.1) is 11.6 Å². The molecule has 4 heteroatoms. The summed E-state index contributed by atoms with van der Waals surface area (Å²) in [7, 11) is 1.66. The largest absolute Gasteiger partial charge is 0.367 e. The van der Waals surface area contributed by atoms with Crippen molar-refractivity contribution in [1.82, 2.24) is 0 Å². The molecule has 0 aliphatic carbocycles. The van der Waals surface area contributed by atoms with Crippen molar-refractivity contribution in [3.05, 3.63) is 29.3 Å². The van der Waals surface area contributed by atoms with Crippen LogP contribution in [0.1, 0.15) is 33.3 Å². The van der Waals surface area contributed by atoms with Crippen LogP contribution in [0.25, 0.3) is 0 Å². The molecule has 1 rings (SSSR count). The van der Waals surface area contributed by atoms with Crippen LogP contribution < -0.4 is 4.90 Å². The molecule has 0 saturated heterocycles. The maximum absolute atomic E-state index is 13.9. The number of hydrogen-bond acceptors (Lipinski definition) is 2. The van der Waals surface area contributed by atoms with Crippen LogP contribution in [0.2, 0.25) is 0 Å². The van der Waals surface area contributed by atoms with E-state index >= 15 is 0 Å². The highest BCUT2D eigenvalue weighted by atomic mass is 19.1. The first-order valence-electron chi connectivity index (χ1n) is 5.80. The van der Waals surface area contributed by atoms with Gasteiger partial charge in [-0.3, -0.25) is 0 Å². The van der Waals surface area contributed by atoms with E-state index in [1.54, 1.807) is 18.0 Å². The maximum Gasteiger partial charge on any atom is 0.150 e. The average Bonchev–Trinajstić information content (AvgIpc) is 2.25. The van der Waals surface area contributed by atoms with E-state index in [0.717, 1.165) is 12.1 Å². The van der Waals surface area contributed by atoms with Crippen molar-refractivity contribution in [2.45, 2.75) is 33.7 Å². The molecule has 0 spiro atoms. The van der Waals surface area contributed by atoms with Crippen molar-refractivity contribution < 1.29 is 8.78 Å². The third-order valence-corrected chi connectivity index (χ3v) is 3.33. The van der Waals surface area contributed by atoms with Gasteiger partial charge in [0, 0.05) is 13.1 Å². The molecular formula is C14H18F2N2. The van der Waals surface area contributed by atoms with Gasteiger partial charge in [-0.05, 0) is 24.5 Å². The molecule has 0 aliphatic rings. The van der Waals surface area contributed by atoms with Gasteiger partial charge in [-0.25, -0.2) is 8.78 Å². The van der Waals surface area contributed by atoms with Crippen LogP contribution in [0.4, 0.5) is 14.5 Å². The fourth-order valence-corrected chi connectivity index (χ4v) is 1.74. The van der Waals surface area contributed by atoms with Crippen LogP contribution in [-0.4, -0.2) is 13.1 Å². The minimum Gasteiger partial charge on any atom is -0.367 e. The summed E-state index contributed by atoms with van der Waals surface area (Å²) in [6.07, 6.45) is 0. The topological polar surface area (TPSA) is 27.0 Å². The molecule has 1 unspecified atom stereocenters. The zero-order valence-electron chi connectivity index (χ0n) is 11.4. The summed E-state index contributed by atoms with van der Waals surface area (Å²) in [6.45, 7) is 7.94. The van der Waals surface area contributed by atoms with Crippen molar-refractivity contribution in [2.75, 3.05) is 11.9 Å². The number of nitriles is 1. The Morgan fingerprint density at radius 3 is 2.00 bits per heavy atom. The SMILES string of the molecule is CC(N(C)c1c(F)cc(C#N)cc1F)C(C)(C)C. The number of rotatable bonds is 2. The molecule has 0 bridgehead atoms. The molecule has 0 radical (unpaired) electrons. The molecule has 1 aromatic carbocycles. The van der Waals surface area contributed by atoms with Crippen molar-refractivity contribution in [3.63, 3.8) is 0 Å². The van der Waals surface area contributed by atoms with E-state index in [1.807, 2.05) is 27.7 Å². The minimum absolute atomic E-state index is 0.00874. The summed E-state index contributed by atoms with van der Waals surface area (Å²) >= 11 is 0. The van der Waals surface area contributed by atoms with Crippen LogP contribution in [-0.2, 0) is 0 Å². The summed E-state index contributed by atoms with van der Waals surface area (Å²) in [6, 6.07) is 3.81. The van der Waals surface area contributed by atoms with Gasteiger partial charge >= 0.3 is 0 Å². The molecule has 1 atom stereocenters. The molecule has 18 heavy (non-hydrogen) atoms. The van der Waals surface area contributed by atoms with Crippen LogP contribution >= 0.6 is 0 Å². The third-order valence-electron chi connectivity index (χ3n) is 3.33. The summed E-state index contributed by atoms with van der Waals surface area (Å²) in [5.74, 6) is -1.41. The van der Waals surface area contributed by atoms with E-state index in [2.05, 4.69) is 0 Å². The highest BCUT2D eigenvalue weighted by Gasteiger charge is 2.27. The molecule has 98 valence electrons. The Labute approximate surface area is 107 Å². The van der Waals surface area contributed by atoms with E-state index in [9.17, 15) is 8.78 Å². The van der Waals surface area contributed by atoms with E-state index in [-0.39, 0.29) is 22.7 Å². The van der Waals surface area contributed by atoms with Crippen LogP contribution in [0.3, 0.4) is 0 Å². The van der Waals surface area contributed by atoms with Gasteiger partial charge in [0.1, 0.15) is 5.69 Å². The first-order valence-corrected chi connectivity index (χ1v) is 5.80. The zero-order chi connectivity index (χ0) is 14.1. The Morgan fingerprint density at radius 1 is 1.22 bits per heavy atom. The molecule has 0 saturated carbocycles. The van der Waals surface area contributed by atoms with Crippen molar-refractivity contribution >= 4 is 5.69 Å².